The molecule has 2 aromatic carbocycles. The fourth-order valence-corrected chi connectivity index (χ4v) is 2.92. The van der Waals surface area contributed by atoms with Gasteiger partial charge in [0.2, 0.25) is 0 Å². The summed E-state index contributed by atoms with van der Waals surface area (Å²) in [6.07, 6.45) is 3.27. The first-order valence-corrected chi connectivity index (χ1v) is 8.12. The van der Waals surface area contributed by atoms with Gasteiger partial charge in [0.25, 0.3) is 0 Å². The standard InChI is InChI=1S/C19H20N2O3/c1-2-3-10-21-17(18(22)23)12-16(20-19(21)24)15-9-8-13-6-4-5-7-14(13)11-15/h4-9,11-12,16H,2-3,10H2,1H3,(H,20,24)(H,22,23). The third kappa shape index (κ3) is 3.11. The number of hydrogen-bond donors (Lipinski definition) is 2. The highest BCUT2D eigenvalue weighted by Crippen LogP contribution is 2.26. The van der Waals surface area contributed by atoms with E-state index in [-0.39, 0.29) is 11.7 Å². The Hall–Kier alpha value is -2.82. The van der Waals surface area contributed by atoms with Gasteiger partial charge in [0.05, 0.1) is 6.04 Å². The number of nitrogens with zero attached hydrogens (tertiary/aromatic N) is 1. The van der Waals surface area contributed by atoms with Gasteiger partial charge in [-0.1, -0.05) is 49.7 Å². The molecule has 0 saturated heterocycles. The largest absolute Gasteiger partial charge is 0.477 e. The fourth-order valence-electron chi connectivity index (χ4n) is 2.92. The van der Waals surface area contributed by atoms with Crippen molar-refractivity contribution in [2.45, 2.75) is 25.8 Å². The van der Waals surface area contributed by atoms with Crippen LogP contribution < -0.4 is 5.32 Å². The second-order valence-corrected chi connectivity index (χ2v) is 5.90. The van der Waals surface area contributed by atoms with Crippen LogP contribution in [0.4, 0.5) is 4.79 Å². The molecular weight excluding hydrogens is 304 g/mol. The van der Waals surface area contributed by atoms with Crippen LogP contribution in [0.25, 0.3) is 10.8 Å². The second-order valence-electron chi connectivity index (χ2n) is 5.90. The number of benzene rings is 2. The SMILES string of the molecule is CCCCN1C(=O)NC(c2ccc3ccccc3c2)C=C1C(=O)O. The Balaban J connectivity index is 1.96. The van der Waals surface area contributed by atoms with Crippen molar-refractivity contribution >= 4 is 22.8 Å². The van der Waals surface area contributed by atoms with Crippen LogP contribution in [-0.2, 0) is 4.79 Å². The van der Waals surface area contributed by atoms with Crippen LogP contribution in [0.3, 0.4) is 0 Å². The smallest absolute Gasteiger partial charge is 0.352 e. The van der Waals surface area contributed by atoms with Crippen molar-refractivity contribution in [3.8, 4) is 0 Å². The predicted molar refractivity (Wildman–Crippen MR) is 92.6 cm³/mol. The van der Waals surface area contributed by atoms with Gasteiger partial charge in [-0.25, -0.2) is 9.59 Å². The second kappa shape index (κ2) is 6.74. The van der Waals surface area contributed by atoms with E-state index >= 15 is 0 Å². The molecule has 1 heterocycles. The van der Waals surface area contributed by atoms with Gasteiger partial charge in [-0.05, 0) is 34.9 Å². The van der Waals surface area contributed by atoms with Crippen molar-refractivity contribution < 1.29 is 14.7 Å². The number of unbranched alkanes of at least 4 members (excludes halogenated alkanes) is 1. The summed E-state index contributed by atoms with van der Waals surface area (Å²) in [4.78, 5) is 25.3. The van der Waals surface area contributed by atoms with Crippen LogP contribution in [0.15, 0.2) is 54.2 Å². The topological polar surface area (TPSA) is 69.6 Å². The van der Waals surface area contributed by atoms with Crippen molar-refractivity contribution in [3.63, 3.8) is 0 Å². The molecule has 2 N–H and O–H groups in total. The van der Waals surface area contributed by atoms with Gasteiger partial charge in [0.15, 0.2) is 0 Å². The van der Waals surface area contributed by atoms with Crippen molar-refractivity contribution in [3.05, 3.63) is 59.8 Å². The van der Waals surface area contributed by atoms with Crippen molar-refractivity contribution in [2.75, 3.05) is 6.54 Å². The van der Waals surface area contributed by atoms with Crippen LogP contribution in [0.5, 0.6) is 0 Å². The Bertz CT molecular complexity index is 813. The number of nitrogens with one attached hydrogen (secondary N) is 1. The number of rotatable bonds is 5. The number of hydrogen-bond acceptors (Lipinski definition) is 2. The summed E-state index contributed by atoms with van der Waals surface area (Å²) in [6.45, 7) is 2.41. The molecule has 2 amide bonds. The van der Waals surface area contributed by atoms with E-state index in [1.807, 2.05) is 49.4 Å². The van der Waals surface area contributed by atoms with Crippen LogP contribution in [0.1, 0.15) is 31.4 Å². The zero-order chi connectivity index (χ0) is 17.1. The maximum Gasteiger partial charge on any atom is 0.352 e. The molecular formula is C19H20N2O3. The van der Waals surface area contributed by atoms with E-state index < -0.39 is 12.0 Å². The summed E-state index contributed by atoms with van der Waals surface area (Å²) in [6, 6.07) is 13.0. The van der Waals surface area contributed by atoms with E-state index in [9.17, 15) is 14.7 Å². The number of fused-ring (bicyclic) bond motifs is 1. The molecule has 0 bridgehead atoms. The van der Waals surface area contributed by atoms with Crippen molar-refractivity contribution in [2.24, 2.45) is 0 Å². The van der Waals surface area contributed by atoms with Gasteiger partial charge in [-0.2, -0.15) is 0 Å². The fraction of sp³-hybridized carbons (Fsp3) is 0.263. The molecule has 0 spiro atoms. The van der Waals surface area contributed by atoms with Gasteiger partial charge in [0.1, 0.15) is 5.70 Å². The quantitative estimate of drug-likeness (QED) is 0.881. The van der Waals surface area contributed by atoms with E-state index in [0.29, 0.717) is 6.54 Å². The molecule has 5 nitrogen and oxygen atoms in total. The summed E-state index contributed by atoms with van der Waals surface area (Å²) in [7, 11) is 0. The minimum atomic E-state index is -1.08. The van der Waals surface area contributed by atoms with Crippen LogP contribution in [0.2, 0.25) is 0 Å². The molecule has 0 radical (unpaired) electrons. The molecule has 0 saturated carbocycles. The lowest BCUT2D eigenvalue weighted by Crippen LogP contribution is -2.47. The first kappa shape index (κ1) is 16.1. The number of carbonyl (C=O) groups is 2. The molecule has 3 rings (SSSR count). The van der Waals surface area contributed by atoms with E-state index in [2.05, 4.69) is 5.32 Å². The monoisotopic (exact) mass is 324 g/mol. The van der Waals surface area contributed by atoms with E-state index in [1.54, 1.807) is 6.08 Å². The third-order valence-corrected chi connectivity index (χ3v) is 4.23. The van der Waals surface area contributed by atoms with Gasteiger partial charge in [-0.3, -0.25) is 4.90 Å². The molecule has 1 aliphatic rings. The zero-order valence-corrected chi connectivity index (χ0v) is 13.5. The highest BCUT2D eigenvalue weighted by molar-refractivity contribution is 5.94. The number of carboxylic acid groups (broad SMARTS) is 1. The Morgan fingerprint density at radius 3 is 2.67 bits per heavy atom. The summed E-state index contributed by atoms with van der Waals surface area (Å²) in [5.41, 5.74) is 0.918. The maximum atomic E-state index is 12.4. The van der Waals surface area contributed by atoms with Crippen molar-refractivity contribution in [1.29, 1.82) is 0 Å². The molecule has 1 unspecified atom stereocenters. The summed E-state index contributed by atoms with van der Waals surface area (Å²) < 4.78 is 0. The van der Waals surface area contributed by atoms with Gasteiger partial charge in [-0.15, -0.1) is 0 Å². The molecule has 24 heavy (non-hydrogen) atoms. The first-order chi connectivity index (χ1) is 11.6. The predicted octanol–water partition coefficient (Wildman–Crippen LogP) is 3.67. The number of amides is 2. The minimum Gasteiger partial charge on any atom is -0.477 e. The number of carboxylic acids is 1. The molecule has 0 aromatic heterocycles. The minimum absolute atomic E-state index is 0.0466. The van der Waals surface area contributed by atoms with Crippen LogP contribution in [-0.4, -0.2) is 28.6 Å². The van der Waals surface area contributed by atoms with E-state index in [1.165, 1.54) is 4.90 Å². The number of urea groups is 1. The Labute approximate surface area is 140 Å². The van der Waals surface area contributed by atoms with Crippen LogP contribution in [0, 0.1) is 0 Å². The normalized spacial score (nSPS) is 17.5. The summed E-state index contributed by atoms with van der Waals surface area (Å²) in [5.74, 6) is -1.08. The summed E-state index contributed by atoms with van der Waals surface area (Å²) in [5, 5.41) is 14.5. The van der Waals surface area contributed by atoms with Crippen molar-refractivity contribution in [1.82, 2.24) is 10.2 Å². The molecule has 5 heteroatoms. The average Bonchev–Trinajstić information content (AvgIpc) is 2.59. The van der Waals surface area contributed by atoms with Gasteiger partial charge in [0, 0.05) is 6.54 Å². The van der Waals surface area contributed by atoms with Gasteiger partial charge >= 0.3 is 12.0 Å². The van der Waals surface area contributed by atoms with E-state index in [0.717, 1.165) is 29.2 Å². The lowest BCUT2D eigenvalue weighted by Gasteiger charge is -2.31. The molecule has 1 aliphatic heterocycles. The van der Waals surface area contributed by atoms with E-state index in [4.69, 9.17) is 0 Å². The number of aliphatic carboxylic acids is 1. The molecule has 2 aromatic rings. The van der Waals surface area contributed by atoms with Crippen LogP contribution >= 0.6 is 0 Å². The molecule has 0 fully saturated rings. The lowest BCUT2D eigenvalue weighted by molar-refractivity contribution is -0.134. The maximum absolute atomic E-state index is 12.4. The highest BCUT2D eigenvalue weighted by atomic mass is 16.4. The zero-order valence-electron chi connectivity index (χ0n) is 13.5. The molecule has 124 valence electrons. The molecule has 1 atom stereocenters. The molecule has 0 aliphatic carbocycles. The lowest BCUT2D eigenvalue weighted by atomic mass is 9.99. The van der Waals surface area contributed by atoms with Gasteiger partial charge < -0.3 is 10.4 Å². The Morgan fingerprint density at radius 1 is 1.21 bits per heavy atom. The summed E-state index contributed by atoms with van der Waals surface area (Å²) >= 11 is 0. The third-order valence-electron chi connectivity index (χ3n) is 4.23. The average molecular weight is 324 g/mol. The Kier molecular flexibility index (Phi) is 4.51. The Morgan fingerprint density at radius 2 is 1.96 bits per heavy atom. The first-order valence-electron chi connectivity index (χ1n) is 8.12. The highest BCUT2D eigenvalue weighted by Gasteiger charge is 2.30. The number of carbonyl (C=O) groups excluding carboxylic acids is 1.